The van der Waals surface area contributed by atoms with Crippen LogP contribution in [-0.2, 0) is 16.6 Å². The maximum absolute atomic E-state index is 12.9. The van der Waals surface area contributed by atoms with Gasteiger partial charge in [0.25, 0.3) is 5.91 Å². The monoisotopic (exact) mass is 422 g/mol. The van der Waals surface area contributed by atoms with Crippen LogP contribution in [0.5, 0.6) is 5.75 Å². The summed E-state index contributed by atoms with van der Waals surface area (Å²) in [6.45, 7) is 1.37. The smallest absolute Gasteiger partial charge is 0.255 e. The highest BCUT2D eigenvalue weighted by molar-refractivity contribution is 7.89. The maximum atomic E-state index is 12.9. The second kappa shape index (κ2) is 8.51. The standard InChI is InChI=1S/C20H23ClN2O4S/c1-22(14-15-5-7-16(27-2)8-6-15)20(24)18-13-17(9-10-19(18)21)28(25,26)23-11-3-4-12-23/h5-10,13H,3-4,11-12,14H2,1-2H3. The Morgan fingerprint density at radius 3 is 2.39 bits per heavy atom. The first-order valence-corrected chi connectivity index (χ1v) is 10.8. The number of nitrogens with zero attached hydrogens (tertiary/aromatic N) is 2. The molecule has 1 amide bonds. The Hall–Kier alpha value is -2.09. The summed E-state index contributed by atoms with van der Waals surface area (Å²) < 4.78 is 32.2. The lowest BCUT2D eigenvalue weighted by Gasteiger charge is -2.20. The molecule has 3 rings (SSSR count). The van der Waals surface area contributed by atoms with Crippen molar-refractivity contribution in [3.8, 4) is 5.75 Å². The van der Waals surface area contributed by atoms with Gasteiger partial charge in [0.1, 0.15) is 5.75 Å². The molecule has 1 fully saturated rings. The Morgan fingerprint density at radius 1 is 1.14 bits per heavy atom. The van der Waals surface area contributed by atoms with Crippen molar-refractivity contribution in [2.45, 2.75) is 24.3 Å². The number of hydrogen-bond acceptors (Lipinski definition) is 4. The van der Waals surface area contributed by atoms with Crippen LogP contribution in [0.3, 0.4) is 0 Å². The van der Waals surface area contributed by atoms with Gasteiger partial charge in [0.15, 0.2) is 0 Å². The fourth-order valence-corrected chi connectivity index (χ4v) is 4.93. The van der Waals surface area contributed by atoms with E-state index in [1.165, 1.54) is 27.4 Å². The molecule has 28 heavy (non-hydrogen) atoms. The summed E-state index contributed by atoms with van der Waals surface area (Å²) in [6, 6.07) is 11.7. The number of carbonyl (C=O) groups excluding carboxylic acids is 1. The summed E-state index contributed by atoms with van der Waals surface area (Å²) in [4.78, 5) is 14.5. The van der Waals surface area contributed by atoms with E-state index in [0.29, 0.717) is 19.6 Å². The van der Waals surface area contributed by atoms with Crippen molar-refractivity contribution in [3.63, 3.8) is 0 Å². The predicted molar refractivity (Wildman–Crippen MR) is 108 cm³/mol. The molecule has 0 atom stereocenters. The van der Waals surface area contributed by atoms with Crippen molar-refractivity contribution in [3.05, 3.63) is 58.6 Å². The highest BCUT2D eigenvalue weighted by Gasteiger charge is 2.28. The van der Waals surface area contributed by atoms with E-state index in [2.05, 4.69) is 0 Å². The summed E-state index contributed by atoms with van der Waals surface area (Å²) in [5.41, 5.74) is 1.10. The zero-order valence-corrected chi connectivity index (χ0v) is 17.5. The summed E-state index contributed by atoms with van der Waals surface area (Å²) >= 11 is 6.22. The molecule has 0 spiro atoms. The molecule has 1 heterocycles. The average molecular weight is 423 g/mol. The van der Waals surface area contributed by atoms with Gasteiger partial charge in [-0.25, -0.2) is 8.42 Å². The molecule has 2 aromatic carbocycles. The SMILES string of the molecule is COc1ccc(CN(C)C(=O)c2cc(S(=O)(=O)N3CCCC3)ccc2Cl)cc1. The molecule has 0 saturated carbocycles. The summed E-state index contributed by atoms with van der Waals surface area (Å²) in [5.74, 6) is 0.403. The Bertz CT molecular complexity index is 955. The first-order chi connectivity index (χ1) is 13.3. The first kappa shape index (κ1) is 20.6. The van der Waals surface area contributed by atoms with Crippen LogP contribution in [0.25, 0.3) is 0 Å². The van der Waals surface area contributed by atoms with E-state index in [-0.39, 0.29) is 21.4 Å². The lowest BCUT2D eigenvalue weighted by atomic mass is 10.1. The van der Waals surface area contributed by atoms with E-state index in [1.807, 2.05) is 24.3 Å². The molecule has 8 heteroatoms. The zero-order valence-electron chi connectivity index (χ0n) is 15.9. The lowest BCUT2D eigenvalue weighted by molar-refractivity contribution is 0.0785. The number of methoxy groups -OCH3 is 1. The molecule has 0 N–H and O–H groups in total. The normalized spacial score (nSPS) is 14.8. The van der Waals surface area contributed by atoms with Crippen molar-refractivity contribution < 1.29 is 17.9 Å². The van der Waals surface area contributed by atoms with E-state index in [9.17, 15) is 13.2 Å². The molecular weight excluding hydrogens is 400 g/mol. The number of sulfonamides is 1. The second-order valence-corrected chi connectivity index (χ2v) is 9.11. The van der Waals surface area contributed by atoms with Crippen LogP contribution in [0.15, 0.2) is 47.4 Å². The van der Waals surface area contributed by atoms with Gasteiger partial charge >= 0.3 is 0 Å². The van der Waals surface area contributed by atoms with Gasteiger partial charge in [0, 0.05) is 26.7 Å². The van der Waals surface area contributed by atoms with Gasteiger partial charge < -0.3 is 9.64 Å². The van der Waals surface area contributed by atoms with Crippen LogP contribution in [0.4, 0.5) is 0 Å². The third-order valence-electron chi connectivity index (χ3n) is 4.80. The van der Waals surface area contributed by atoms with Crippen molar-refractivity contribution in [2.24, 2.45) is 0 Å². The van der Waals surface area contributed by atoms with E-state index >= 15 is 0 Å². The summed E-state index contributed by atoms with van der Waals surface area (Å²) in [7, 11) is -0.363. The molecule has 1 saturated heterocycles. The minimum atomic E-state index is -3.61. The van der Waals surface area contributed by atoms with Gasteiger partial charge in [-0.15, -0.1) is 0 Å². The molecule has 0 aliphatic carbocycles. The molecule has 1 aliphatic rings. The lowest BCUT2D eigenvalue weighted by Crippen LogP contribution is -2.29. The number of amides is 1. The quantitative estimate of drug-likeness (QED) is 0.715. The van der Waals surface area contributed by atoms with Crippen LogP contribution >= 0.6 is 11.6 Å². The number of halogens is 1. The molecule has 150 valence electrons. The number of hydrogen-bond donors (Lipinski definition) is 0. The predicted octanol–water partition coefficient (Wildman–Crippen LogP) is 3.41. The molecule has 0 radical (unpaired) electrons. The summed E-state index contributed by atoms with van der Waals surface area (Å²) in [6.07, 6.45) is 1.70. The number of benzene rings is 2. The molecule has 0 unspecified atom stereocenters. The zero-order chi connectivity index (χ0) is 20.3. The fraction of sp³-hybridized carbons (Fsp3) is 0.350. The van der Waals surface area contributed by atoms with Crippen molar-refractivity contribution in [2.75, 3.05) is 27.2 Å². The Labute approximate surface area is 170 Å². The van der Waals surface area contributed by atoms with Gasteiger partial charge in [-0.3, -0.25) is 4.79 Å². The molecule has 0 aromatic heterocycles. The number of ether oxygens (including phenoxy) is 1. The van der Waals surface area contributed by atoms with Gasteiger partial charge in [-0.1, -0.05) is 23.7 Å². The third-order valence-corrected chi connectivity index (χ3v) is 7.02. The van der Waals surface area contributed by atoms with Crippen LogP contribution in [0, 0.1) is 0 Å². The summed E-state index contributed by atoms with van der Waals surface area (Å²) in [5, 5.41) is 0.229. The van der Waals surface area contributed by atoms with Crippen molar-refractivity contribution in [1.82, 2.24) is 9.21 Å². The minimum Gasteiger partial charge on any atom is -0.497 e. The van der Waals surface area contributed by atoms with Crippen LogP contribution in [0.2, 0.25) is 5.02 Å². The minimum absolute atomic E-state index is 0.0972. The van der Waals surface area contributed by atoms with Crippen LogP contribution in [-0.4, -0.2) is 50.8 Å². The second-order valence-electron chi connectivity index (χ2n) is 6.76. The van der Waals surface area contributed by atoms with Gasteiger partial charge in [-0.05, 0) is 48.7 Å². The number of rotatable bonds is 6. The first-order valence-electron chi connectivity index (χ1n) is 9.01. The van der Waals surface area contributed by atoms with Crippen LogP contribution < -0.4 is 4.74 Å². The molecule has 6 nitrogen and oxygen atoms in total. The molecule has 0 bridgehead atoms. The van der Waals surface area contributed by atoms with Gasteiger partial charge in [0.2, 0.25) is 10.0 Å². The molecular formula is C20H23ClN2O4S. The maximum Gasteiger partial charge on any atom is 0.255 e. The highest BCUT2D eigenvalue weighted by Crippen LogP contribution is 2.26. The topological polar surface area (TPSA) is 66.9 Å². The Kier molecular flexibility index (Phi) is 6.27. The van der Waals surface area contributed by atoms with Crippen molar-refractivity contribution >= 4 is 27.5 Å². The Morgan fingerprint density at radius 2 is 1.79 bits per heavy atom. The average Bonchev–Trinajstić information content (AvgIpc) is 3.24. The Balaban J connectivity index is 1.82. The van der Waals surface area contributed by atoms with E-state index in [4.69, 9.17) is 16.3 Å². The van der Waals surface area contributed by atoms with Crippen LogP contribution in [0.1, 0.15) is 28.8 Å². The molecule has 1 aliphatic heterocycles. The van der Waals surface area contributed by atoms with Gasteiger partial charge in [0.05, 0.1) is 22.6 Å². The van der Waals surface area contributed by atoms with E-state index < -0.39 is 10.0 Å². The largest absolute Gasteiger partial charge is 0.497 e. The van der Waals surface area contributed by atoms with Crippen molar-refractivity contribution in [1.29, 1.82) is 0 Å². The number of carbonyl (C=O) groups is 1. The molecule has 2 aromatic rings. The van der Waals surface area contributed by atoms with E-state index in [0.717, 1.165) is 24.2 Å². The fourth-order valence-electron chi connectivity index (χ4n) is 3.19. The van der Waals surface area contributed by atoms with Gasteiger partial charge in [-0.2, -0.15) is 4.31 Å². The highest BCUT2D eigenvalue weighted by atomic mass is 35.5. The third kappa shape index (κ3) is 4.32. The van der Waals surface area contributed by atoms with E-state index in [1.54, 1.807) is 14.2 Å².